The summed E-state index contributed by atoms with van der Waals surface area (Å²) in [4.78, 5) is 17.4. The lowest BCUT2D eigenvalue weighted by atomic mass is 9.94. The minimum atomic E-state index is -0.0865. The molecule has 1 aliphatic heterocycles. The van der Waals surface area contributed by atoms with E-state index in [1.807, 2.05) is 17.0 Å². The zero-order valence-electron chi connectivity index (χ0n) is 15.3. The number of halogens is 1. The normalized spacial score (nSPS) is 19.2. The smallest absolute Gasteiger partial charge is 0.278 e. The number of benzene rings is 1. The average molecular weight is 389 g/mol. The van der Waals surface area contributed by atoms with Crippen molar-refractivity contribution < 1.29 is 4.79 Å². The molecule has 1 amide bonds. The van der Waals surface area contributed by atoms with E-state index in [2.05, 4.69) is 25.6 Å². The zero-order valence-corrected chi connectivity index (χ0v) is 16.1. The Kier molecular flexibility index (Phi) is 5.59. The number of anilines is 2. The monoisotopic (exact) mass is 388 g/mol. The molecule has 1 saturated carbocycles. The van der Waals surface area contributed by atoms with Gasteiger partial charge in [0.2, 0.25) is 0 Å². The van der Waals surface area contributed by atoms with E-state index in [0.29, 0.717) is 22.6 Å². The molecule has 8 heteroatoms. The Morgan fingerprint density at radius 1 is 1.11 bits per heavy atom. The second-order valence-corrected chi connectivity index (χ2v) is 7.71. The molecule has 0 unspecified atom stereocenters. The van der Waals surface area contributed by atoms with E-state index in [4.69, 9.17) is 11.6 Å². The van der Waals surface area contributed by atoms with Crippen LogP contribution in [0.15, 0.2) is 24.3 Å². The summed E-state index contributed by atoms with van der Waals surface area (Å²) in [6.45, 7) is 3.34. The maximum atomic E-state index is 12.9. The average Bonchev–Trinajstić information content (AvgIpc) is 3.16. The zero-order chi connectivity index (χ0) is 18.6. The van der Waals surface area contributed by atoms with Crippen molar-refractivity contribution in [3.63, 3.8) is 0 Å². The summed E-state index contributed by atoms with van der Waals surface area (Å²) in [6, 6.07) is 8.00. The number of amides is 1. The summed E-state index contributed by atoms with van der Waals surface area (Å²) in [7, 11) is 0. The second kappa shape index (κ2) is 8.27. The molecule has 1 aromatic heterocycles. The lowest BCUT2D eigenvalue weighted by Gasteiger charge is -2.40. The van der Waals surface area contributed by atoms with Crippen LogP contribution in [0.1, 0.15) is 42.6 Å². The van der Waals surface area contributed by atoms with Gasteiger partial charge in [-0.3, -0.25) is 9.69 Å². The van der Waals surface area contributed by atoms with Gasteiger partial charge in [0.25, 0.3) is 5.91 Å². The maximum absolute atomic E-state index is 12.9. The molecule has 0 spiro atoms. The molecule has 0 radical (unpaired) electrons. The van der Waals surface area contributed by atoms with Gasteiger partial charge in [0, 0.05) is 42.9 Å². The molecule has 4 rings (SSSR count). The summed E-state index contributed by atoms with van der Waals surface area (Å²) in [6.07, 6.45) is 6.63. The van der Waals surface area contributed by atoms with Crippen LogP contribution in [0.4, 0.5) is 11.5 Å². The topological polar surface area (TPSA) is 77.1 Å². The van der Waals surface area contributed by atoms with E-state index < -0.39 is 0 Å². The summed E-state index contributed by atoms with van der Waals surface area (Å²) in [5.74, 6) is 0.341. The van der Waals surface area contributed by atoms with Crippen molar-refractivity contribution in [2.75, 3.05) is 31.5 Å². The second-order valence-electron chi connectivity index (χ2n) is 7.28. The van der Waals surface area contributed by atoms with Gasteiger partial charge in [-0.05, 0) is 31.0 Å². The number of rotatable bonds is 4. The first-order valence-electron chi connectivity index (χ1n) is 9.67. The molecule has 2 N–H and O–H groups in total. The number of carbonyl (C=O) groups is 1. The van der Waals surface area contributed by atoms with Crippen LogP contribution in [0, 0.1) is 0 Å². The number of nitrogens with one attached hydrogen (secondary N) is 2. The molecule has 2 aromatic rings. The molecule has 0 bridgehead atoms. The summed E-state index contributed by atoms with van der Waals surface area (Å²) in [5.41, 5.74) is 1.09. The first kappa shape index (κ1) is 18.3. The van der Waals surface area contributed by atoms with Gasteiger partial charge in [-0.15, -0.1) is 10.2 Å². The SMILES string of the molecule is O=C(c1n[nH]nc1Nc1cccc(Cl)c1)N1CCN(C2CCCCC2)CC1. The number of carbonyl (C=O) groups excluding carboxylic acids is 1. The lowest BCUT2D eigenvalue weighted by Crippen LogP contribution is -2.52. The van der Waals surface area contributed by atoms with Crippen molar-refractivity contribution in [1.29, 1.82) is 0 Å². The molecule has 27 heavy (non-hydrogen) atoms. The highest BCUT2D eigenvalue weighted by Crippen LogP contribution is 2.25. The number of hydrogen-bond donors (Lipinski definition) is 2. The van der Waals surface area contributed by atoms with E-state index >= 15 is 0 Å². The van der Waals surface area contributed by atoms with Crippen LogP contribution in [0.5, 0.6) is 0 Å². The fourth-order valence-corrected chi connectivity index (χ4v) is 4.25. The van der Waals surface area contributed by atoms with E-state index in [1.54, 1.807) is 12.1 Å². The molecule has 7 nitrogen and oxygen atoms in total. The van der Waals surface area contributed by atoms with Gasteiger partial charge in [0.1, 0.15) is 0 Å². The Balaban J connectivity index is 1.38. The Hall–Kier alpha value is -2.12. The van der Waals surface area contributed by atoms with Gasteiger partial charge >= 0.3 is 0 Å². The van der Waals surface area contributed by atoms with E-state index in [0.717, 1.165) is 31.9 Å². The van der Waals surface area contributed by atoms with Crippen LogP contribution in [-0.4, -0.2) is 63.3 Å². The van der Waals surface area contributed by atoms with E-state index in [9.17, 15) is 4.79 Å². The third-order valence-corrected chi connectivity index (χ3v) is 5.77. The number of hydrogen-bond acceptors (Lipinski definition) is 5. The summed E-state index contributed by atoms with van der Waals surface area (Å²) < 4.78 is 0. The number of nitrogens with zero attached hydrogens (tertiary/aromatic N) is 4. The summed E-state index contributed by atoms with van der Waals surface area (Å²) in [5, 5.41) is 14.5. The molecule has 0 atom stereocenters. The van der Waals surface area contributed by atoms with Crippen molar-refractivity contribution >= 4 is 29.0 Å². The van der Waals surface area contributed by atoms with Crippen LogP contribution >= 0.6 is 11.6 Å². The number of piperazine rings is 1. The molecule has 2 aliphatic rings. The molecule has 2 heterocycles. The van der Waals surface area contributed by atoms with Crippen molar-refractivity contribution in [3.05, 3.63) is 35.0 Å². The molecular weight excluding hydrogens is 364 g/mol. The Morgan fingerprint density at radius 3 is 2.63 bits per heavy atom. The number of H-pyrrole nitrogens is 1. The minimum absolute atomic E-state index is 0.0865. The molecule has 1 aliphatic carbocycles. The van der Waals surface area contributed by atoms with Crippen molar-refractivity contribution in [1.82, 2.24) is 25.2 Å². The van der Waals surface area contributed by atoms with Crippen LogP contribution < -0.4 is 5.32 Å². The Labute approximate surface area is 164 Å². The Morgan fingerprint density at radius 2 is 1.89 bits per heavy atom. The number of aromatic nitrogens is 3. The van der Waals surface area contributed by atoms with Crippen molar-refractivity contribution in [2.45, 2.75) is 38.1 Å². The molecule has 144 valence electrons. The maximum Gasteiger partial charge on any atom is 0.278 e. The third kappa shape index (κ3) is 4.25. The fourth-order valence-electron chi connectivity index (χ4n) is 4.06. The van der Waals surface area contributed by atoms with Gasteiger partial charge in [-0.1, -0.05) is 36.9 Å². The molecule has 1 saturated heterocycles. The predicted molar refractivity (Wildman–Crippen MR) is 105 cm³/mol. The van der Waals surface area contributed by atoms with Crippen LogP contribution in [0.25, 0.3) is 0 Å². The highest BCUT2D eigenvalue weighted by atomic mass is 35.5. The van der Waals surface area contributed by atoms with Crippen LogP contribution in [-0.2, 0) is 0 Å². The first-order chi connectivity index (χ1) is 13.2. The highest BCUT2D eigenvalue weighted by molar-refractivity contribution is 6.30. The molecule has 1 aromatic carbocycles. The minimum Gasteiger partial charge on any atom is -0.337 e. The van der Waals surface area contributed by atoms with E-state index in [-0.39, 0.29) is 5.91 Å². The fraction of sp³-hybridized carbons (Fsp3) is 0.526. The highest BCUT2D eigenvalue weighted by Gasteiger charge is 2.29. The van der Waals surface area contributed by atoms with Gasteiger partial charge in [0.05, 0.1) is 0 Å². The molecular formula is C19H25ClN6O. The third-order valence-electron chi connectivity index (χ3n) is 5.53. The lowest BCUT2D eigenvalue weighted by molar-refractivity contribution is 0.0519. The van der Waals surface area contributed by atoms with Crippen LogP contribution in [0.2, 0.25) is 5.02 Å². The van der Waals surface area contributed by atoms with Gasteiger partial charge < -0.3 is 10.2 Å². The van der Waals surface area contributed by atoms with Crippen LogP contribution in [0.3, 0.4) is 0 Å². The molecule has 2 fully saturated rings. The Bertz CT molecular complexity index is 780. The largest absolute Gasteiger partial charge is 0.337 e. The van der Waals surface area contributed by atoms with Crippen molar-refractivity contribution in [2.24, 2.45) is 0 Å². The van der Waals surface area contributed by atoms with Crippen molar-refractivity contribution in [3.8, 4) is 0 Å². The van der Waals surface area contributed by atoms with E-state index in [1.165, 1.54) is 32.1 Å². The number of aromatic amines is 1. The summed E-state index contributed by atoms with van der Waals surface area (Å²) >= 11 is 6.02. The standard InChI is InChI=1S/C19H25ClN6O/c20-14-5-4-6-15(13-14)21-18-17(22-24-23-18)19(27)26-11-9-25(10-12-26)16-7-2-1-3-8-16/h4-6,13,16H,1-3,7-12H2,(H2,21,22,23,24). The van der Waals surface area contributed by atoms with Gasteiger partial charge in [-0.25, -0.2) is 0 Å². The quantitative estimate of drug-likeness (QED) is 0.840. The van der Waals surface area contributed by atoms with Gasteiger partial charge in [-0.2, -0.15) is 5.21 Å². The first-order valence-corrected chi connectivity index (χ1v) is 10.1. The predicted octanol–water partition coefficient (Wildman–Crippen LogP) is 3.29. The van der Waals surface area contributed by atoms with Gasteiger partial charge in [0.15, 0.2) is 11.5 Å².